The first-order valence-electron chi connectivity index (χ1n) is 11.1. The van der Waals surface area contributed by atoms with Gasteiger partial charge in [0, 0.05) is 12.0 Å². The Morgan fingerprint density at radius 1 is 1.03 bits per heavy atom. The number of rotatable bonds is 8. The van der Waals surface area contributed by atoms with Gasteiger partial charge < -0.3 is 9.84 Å². The topological polar surface area (TPSA) is 29.5 Å². The molecule has 1 atom stereocenters. The van der Waals surface area contributed by atoms with Crippen molar-refractivity contribution in [2.24, 2.45) is 0 Å². The molecule has 1 aliphatic rings. The predicted molar refractivity (Wildman–Crippen MR) is 125 cm³/mol. The minimum Gasteiger partial charge on any atom is -0.508 e. The molecule has 2 nitrogen and oxygen atoms in total. The molecule has 0 spiro atoms. The van der Waals surface area contributed by atoms with Crippen molar-refractivity contribution in [2.45, 2.75) is 99.0 Å². The van der Waals surface area contributed by atoms with Gasteiger partial charge in [0.05, 0.1) is 0 Å². The summed E-state index contributed by atoms with van der Waals surface area (Å²) in [5, 5.41) is 10.1. The van der Waals surface area contributed by atoms with Gasteiger partial charge in [-0.3, -0.25) is 0 Å². The number of fused-ring (bicyclic) bond motifs is 1. The van der Waals surface area contributed by atoms with Crippen molar-refractivity contribution in [3.63, 3.8) is 0 Å². The molecule has 0 saturated carbocycles. The summed E-state index contributed by atoms with van der Waals surface area (Å²) in [4.78, 5) is 0. The molecule has 1 N–H and O–H groups in total. The summed E-state index contributed by atoms with van der Waals surface area (Å²) in [6, 6.07) is 1.83. The summed E-state index contributed by atoms with van der Waals surface area (Å²) in [6.45, 7) is 15.0. The number of phenolic OH excluding ortho intramolecular Hbond substituents is 1. The van der Waals surface area contributed by atoms with Crippen molar-refractivity contribution in [3.05, 3.63) is 57.7 Å². The van der Waals surface area contributed by atoms with E-state index in [1.54, 1.807) is 0 Å². The van der Waals surface area contributed by atoms with E-state index in [1.807, 2.05) is 19.9 Å². The van der Waals surface area contributed by atoms with E-state index in [9.17, 15) is 5.11 Å². The number of benzene rings is 1. The zero-order chi connectivity index (χ0) is 21.6. The van der Waals surface area contributed by atoms with Gasteiger partial charge in [-0.1, -0.05) is 34.9 Å². The van der Waals surface area contributed by atoms with Crippen LogP contribution in [0.2, 0.25) is 0 Å². The molecule has 0 aliphatic carbocycles. The van der Waals surface area contributed by atoms with E-state index < -0.39 is 0 Å². The molecular weight excluding hydrogens is 356 g/mol. The molecule has 1 aromatic rings. The third kappa shape index (κ3) is 6.80. The molecule has 1 unspecified atom stereocenters. The molecule has 2 heteroatoms. The monoisotopic (exact) mass is 396 g/mol. The highest BCUT2D eigenvalue weighted by atomic mass is 16.5. The first-order chi connectivity index (χ1) is 13.6. The Morgan fingerprint density at radius 3 is 2.31 bits per heavy atom. The minimum absolute atomic E-state index is 0.168. The number of allylic oxidation sites excluding steroid dienone is 5. The molecule has 0 bridgehead atoms. The van der Waals surface area contributed by atoms with E-state index in [0.29, 0.717) is 5.75 Å². The van der Waals surface area contributed by atoms with Gasteiger partial charge in [0.15, 0.2) is 0 Å². The molecule has 0 fully saturated rings. The van der Waals surface area contributed by atoms with Crippen molar-refractivity contribution < 1.29 is 9.84 Å². The number of hydrogen-bond donors (Lipinski definition) is 1. The number of phenols is 1. The maximum atomic E-state index is 10.1. The van der Waals surface area contributed by atoms with Gasteiger partial charge in [0.2, 0.25) is 0 Å². The number of ether oxygens (including phenoxy) is 1. The molecule has 1 heterocycles. The number of aromatic hydroxyl groups is 1. The van der Waals surface area contributed by atoms with Crippen molar-refractivity contribution in [2.75, 3.05) is 0 Å². The van der Waals surface area contributed by atoms with Gasteiger partial charge in [0.1, 0.15) is 17.1 Å². The fourth-order valence-corrected chi connectivity index (χ4v) is 3.94. The summed E-state index contributed by atoms with van der Waals surface area (Å²) in [7, 11) is 0. The summed E-state index contributed by atoms with van der Waals surface area (Å²) < 4.78 is 6.47. The van der Waals surface area contributed by atoms with Crippen LogP contribution >= 0.6 is 0 Å². The zero-order valence-corrected chi connectivity index (χ0v) is 19.6. The maximum absolute atomic E-state index is 10.1. The quantitative estimate of drug-likeness (QED) is 0.452. The van der Waals surface area contributed by atoms with Crippen molar-refractivity contribution in [3.8, 4) is 11.5 Å². The zero-order valence-electron chi connectivity index (χ0n) is 19.6. The smallest absolute Gasteiger partial charge is 0.126 e. The van der Waals surface area contributed by atoms with Crippen LogP contribution in [0.4, 0.5) is 0 Å². The first kappa shape index (κ1) is 23.3. The highest BCUT2D eigenvalue weighted by Crippen LogP contribution is 2.42. The second-order valence-electron chi connectivity index (χ2n) is 9.36. The van der Waals surface area contributed by atoms with Crippen LogP contribution in [0.5, 0.6) is 11.5 Å². The average molecular weight is 397 g/mol. The van der Waals surface area contributed by atoms with E-state index in [2.05, 4.69) is 52.8 Å². The lowest BCUT2D eigenvalue weighted by atomic mass is 9.86. The molecule has 0 aromatic heterocycles. The van der Waals surface area contributed by atoms with Gasteiger partial charge >= 0.3 is 0 Å². The lowest BCUT2D eigenvalue weighted by Crippen LogP contribution is -2.36. The lowest BCUT2D eigenvalue weighted by Gasteiger charge is -2.37. The van der Waals surface area contributed by atoms with Gasteiger partial charge in [-0.05, 0) is 104 Å². The van der Waals surface area contributed by atoms with Crippen molar-refractivity contribution >= 4 is 0 Å². The van der Waals surface area contributed by atoms with Crippen LogP contribution in [0.1, 0.15) is 89.8 Å². The summed E-state index contributed by atoms with van der Waals surface area (Å²) in [5.74, 6) is 1.36. The molecular formula is C27H40O2. The molecule has 1 aliphatic heterocycles. The Hall–Kier alpha value is -1.96. The Kier molecular flexibility index (Phi) is 8.19. The fraction of sp³-hybridized carbons (Fsp3) is 0.556. The van der Waals surface area contributed by atoms with E-state index in [0.717, 1.165) is 61.8 Å². The summed E-state index contributed by atoms with van der Waals surface area (Å²) >= 11 is 0. The highest BCUT2D eigenvalue weighted by molar-refractivity contribution is 5.53. The van der Waals surface area contributed by atoms with E-state index in [1.165, 1.54) is 22.3 Å². The van der Waals surface area contributed by atoms with Gasteiger partial charge in [-0.25, -0.2) is 0 Å². The second kappa shape index (κ2) is 10.2. The van der Waals surface area contributed by atoms with Crippen LogP contribution in [-0.4, -0.2) is 10.7 Å². The predicted octanol–water partition coefficient (Wildman–Crippen LogP) is 7.90. The third-order valence-electron chi connectivity index (χ3n) is 6.08. The molecule has 29 heavy (non-hydrogen) atoms. The fourth-order valence-electron chi connectivity index (χ4n) is 3.94. The Labute approximate surface area is 178 Å². The molecule has 1 aromatic carbocycles. The first-order valence-corrected chi connectivity index (χ1v) is 11.1. The van der Waals surface area contributed by atoms with Gasteiger partial charge in [-0.2, -0.15) is 0 Å². The Morgan fingerprint density at radius 2 is 1.66 bits per heavy atom. The van der Waals surface area contributed by atoms with Gasteiger partial charge in [-0.15, -0.1) is 0 Å². The van der Waals surface area contributed by atoms with Crippen LogP contribution in [-0.2, 0) is 6.42 Å². The third-order valence-corrected chi connectivity index (χ3v) is 6.08. The molecule has 2 rings (SSSR count). The SMILES string of the molecule is CC(C)=CCCC(C)=CCCC(C)=CCC1(C)CCc2c(C)c(O)cc(C)c2O1. The van der Waals surface area contributed by atoms with Crippen LogP contribution in [0.15, 0.2) is 41.0 Å². The molecule has 0 saturated heterocycles. The molecule has 0 radical (unpaired) electrons. The normalized spacial score (nSPS) is 19.6. The van der Waals surface area contributed by atoms with E-state index >= 15 is 0 Å². The number of hydrogen-bond acceptors (Lipinski definition) is 2. The average Bonchev–Trinajstić information content (AvgIpc) is 2.64. The van der Waals surface area contributed by atoms with Crippen molar-refractivity contribution in [1.82, 2.24) is 0 Å². The molecule has 0 amide bonds. The largest absolute Gasteiger partial charge is 0.508 e. The van der Waals surface area contributed by atoms with Crippen LogP contribution in [0.3, 0.4) is 0 Å². The maximum Gasteiger partial charge on any atom is 0.126 e. The lowest BCUT2D eigenvalue weighted by molar-refractivity contribution is 0.0666. The summed E-state index contributed by atoms with van der Waals surface area (Å²) in [6.07, 6.45) is 14.5. The van der Waals surface area contributed by atoms with Gasteiger partial charge in [0.25, 0.3) is 0 Å². The van der Waals surface area contributed by atoms with E-state index in [-0.39, 0.29) is 5.60 Å². The van der Waals surface area contributed by atoms with Crippen LogP contribution in [0.25, 0.3) is 0 Å². The van der Waals surface area contributed by atoms with Crippen LogP contribution < -0.4 is 4.74 Å². The number of aryl methyl sites for hydroxylation is 1. The van der Waals surface area contributed by atoms with Crippen molar-refractivity contribution in [1.29, 1.82) is 0 Å². The highest BCUT2D eigenvalue weighted by Gasteiger charge is 2.32. The minimum atomic E-state index is -0.168. The summed E-state index contributed by atoms with van der Waals surface area (Å²) in [5.41, 5.74) is 7.33. The Balaban J connectivity index is 1.91. The van der Waals surface area contributed by atoms with Crippen LogP contribution in [0, 0.1) is 13.8 Å². The van der Waals surface area contributed by atoms with E-state index in [4.69, 9.17) is 4.74 Å². The Bertz CT molecular complexity index is 806. The molecule has 160 valence electrons. The standard InChI is InChI=1S/C27H40O2/c1-19(2)10-8-11-20(3)12-9-13-21(4)14-16-27(7)17-15-24-23(6)25(28)18-22(5)26(24)29-27/h10,12,14,18,28H,8-9,11,13,15-17H2,1-7H3. The second-order valence-corrected chi connectivity index (χ2v) is 9.36.